The third kappa shape index (κ3) is 2.68. The Bertz CT molecular complexity index is 495. The van der Waals surface area contributed by atoms with E-state index < -0.39 is 17.4 Å². The molecule has 0 fully saturated rings. The summed E-state index contributed by atoms with van der Waals surface area (Å²) in [5, 5.41) is 11.7. The highest BCUT2D eigenvalue weighted by Gasteiger charge is 2.08. The Morgan fingerprint density at radius 1 is 1.62 bits per heavy atom. The number of hydrogen-bond acceptors (Lipinski definition) is 4. The predicted octanol–water partition coefficient (Wildman–Crippen LogP) is 1.26. The number of carbonyl (C=O) groups is 1. The fraction of sp³-hybridized carbons (Fsp3) is 0. The van der Waals surface area contributed by atoms with Crippen molar-refractivity contribution in [3.63, 3.8) is 0 Å². The van der Waals surface area contributed by atoms with Crippen LogP contribution in [0.2, 0.25) is 5.02 Å². The second-order valence-electron chi connectivity index (χ2n) is 2.65. The Labute approximate surface area is 95.3 Å². The van der Waals surface area contributed by atoms with Gasteiger partial charge < -0.3 is 5.73 Å². The number of hydrogen-bond donors (Lipinski definition) is 2. The first-order chi connectivity index (χ1) is 7.56. The van der Waals surface area contributed by atoms with Crippen LogP contribution in [0, 0.1) is 17.1 Å². The number of nitriles is 1. The molecule has 0 aliphatic rings. The smallest absolute Gasteiger partial charge is 0.280 e. The fourth-order valence-corrected chi connectivity index (χ4v) is 1.02. The minimum Gasteiger partial charge on any atom is -0.364 e. The second kappa shape index (κ2) is 5.09. The standard InChI is InChI=1S/C9H6ClFN4O/c10-5-2-1-3-6(8(5)11)14-15-7(4-12)9(13)16/h1-3,14H,(H2,13,16)/b15-7-. The Morgan fingerprint density at radius 2 is 2.31 bits per heavy atom. The van der Waals surface area contributed by atoms with Crippen LogP contribution in [0.15, 0.2) is 23.3 Å². The summed E-state index contributed by atoms with van der Waals surface area (Å²) < 4.78 is 13.3. The van der Waals surface area contributed by atoms with E-state index in [-0.39, 0.29) is 10.7 Å². The molecule has 0 saturated carbocycles. The predicted molar refractivity (Wildman–Crippen MR) is 57.3 cm³/mol. The highest BCUT2D eigenvalue weighted by atomic mass is 35.5. The van der Waals surface area contributed by atoms with Crippen molar-refractivity contribution in [3.8, 4) is 6.07 Å². The van der Waals surface area contributed by atoms with Crippen LogP contribution in [-0.2, 0) is 4.79 Å². The number of rotatable bonds is 3. The van der Waals surface area contributed by atoms with Gasteiger partial charge in [-0.05, 0) is 12.1 Å². The van der Waals surface area contributed by atoms with Gasteiger partial charge in [0.15, 0.2) is 5.82 Å². The molecule has 0 unspecified atom stereocenters. The van der Waals surface area contributed by atoms with Crippen LogP contribution in [0.5, 0.6) is 0 Å². The number of nitrogens with one attached hydrogen (secondary N) is 1. The molecule has 1 rings (SSSR count). The maximum Gasteiger partial charge on any atom is 0.280 e. The van der Waals surface area contributed by atoms with Gasteiger partial charge in [0.25, 0.3) is 5.91 Å². The molecule has 0 aromatic heterocycles. The molecule has 0 aliphatic heterocycles. The molecule has 16 heavy (non-hydrogen) atoms. The Balaban J connectivity index is 2.95. The Morgan fingerprint density at radius 3 is 2.88 bits per heavy atom. The van der Waals surface area contributed by atoms with Crippen LogP contribution in [0.4, 0.5) is 10.1 Å². The first-order valence-corrected chi connectivity index (χ1v) is 4.41. The Hall–Kier alpha value is -2.13. The van der Waals surface area contributed by atoms with E-state index in [0.29, 0.717) is 0 Å². The van der Waals surface area contributed by atoms with Gasteiger partial charge in [-0.3, -0.25) is 10.2 Å². The number of anilines is 1. The molecule has 0 bridgehead atoms. The van der Waals surface area contributed by atoms with Crippen molar-refractivity contribution in [1.82, 2.24) is 0 Å². The molecule has 82 valence electrons. The van der Waals surface area contributed by atoms with Crippen LogP contribution in [-0.4, -0.2) is 11.6 Å². The average Bonchev–Trinajstić information content (AvgIpc) is 2.24. The van der Waals surface area contributed by atoms with Crippen molar-refractivity contribution in [3.05, 3.63) is 29.0 Å². The van der Waals surface area contributed by atoms with Crippen LogP contribution in [0.3, 0.4) is 0 Å². The molecule has 1 aromatic rings. The molecule has 1 amide bonds. The number of primary amides is 1. The lowest BCUT2D eigenvalue weighted by Crippen LogP contribution is -2.22. The van der Waals surface area contributed by atoms with Gasteiger partial charge >= 0.3 is 0 Å². The first kappa shape index (κ1) is 11.9. The summed E-state index contributed by atoms with van der Waals surface area (Å²) in [6.45, 7) is 0. The number of carbonyl (C=O) groups excluding carboxylic acids is 1. The first-order valence-electron chi connectivity index (χ1n) is 4.04. The van der Waals surface area contributed by atoms with Crippen molar-refractivity contribution in [2.75, 3.05) is 5.43 Å². The number of benzene rings is 1. The summed E-state index contributed by atoms with van der Waals surface area (Å²) in [4.78, 5) is 10.6. The van der Waals surface area contributed by atoms with Gasteiger partial charge in [0.1, 0.15) is 6.07 Å². The van der Waals surface area contributed by atoms with Gasteiger partial charge in [0.05, 0.1) is 10.7 Å². The van der Waals surface area contributed by atoms with Crippen LogP contribution in [0.1, 0.15) is 0 Å². The van der Waals surface area contributed by atoms with Gasteiger partial charge in [-0.25, -0.2) is 4.39 Å². The summed E-state index contributed by atoms with van der Waals surface area (Å²) in [7, 11) is 0. The van der Waals surface area contributed by atoms with Crippen LogP contribution < -0.4 is 11.2 Å². The lowest BCUT2D eigenvalue weighted by atomic mass is 10.3. The van der Waals surface area contributed by atoms with E-state index in [1.807, 2.05) is 0 Å². The zero-order valence-corrected chi connectivity index (χ0v) is 8.62. The van der Waals surface area contributed by atoms with Gasteiger partial charge in [-0.2, -0.15) is 10.4 Å². The van der Waals surface area contributed by atoms with E-state index in [1.165, 1.54) is 24.3 Å². The van der Waals surface area contributed by atoms with E-state index in [2.05, 4.69) is 10.5 Å². The van der Waals surface area contributed by atoms with E-state index >= 15 is 0 Å². The molecule has 0 spiro atoms. The highest BCUT2D eigenvalue weighted by molar-refractivity contribution is 6.44. The molecule has 0 aliphatic carbocycles. The lowest BCUT2D eigenvalue weighted by Gasteiger charge is -2.02. The number of amides is 1. The number of nitrogens with zero attached hydrogens (tertiary/aromatic N) is 2. The minimum atomic E-state index is -1.00. The summed E-state index contributed by atoms with van der Waals surface area (Å²) in [6, 6.07) is 5.65. The van der Waals surface area contributed by atoms with E-state index in [4.69, 9.17) is 22.6 Å². The molecular formula is C9H6ClFN4O. The van der Waals surface area contributed by atoms with E-state index in [0.717, 1.165) is 0 Å². The molecule has 3 N–H and O–H groups in total. The minimum absolute atomic E-state index is 0.0542. The maximum atomic E-state index is 13.3. The van der Waals surface area contributed by atoms with Gasteiger partial charge in [0, 0.05) is 0 Å². The third-order valence-corrected chi connectivity index (χ3v) is 1.87. The highest BCUT2D eigenvalue weighted by Crippen LogP contribution is 2.21. The molecule has 5 nitrogen and oxygen atoms in total. The molecular weight excluding hydrogens is 235 g/mol. The third-order valence-electron chi connectivity index (χ3n) is 1.58. The van der Waals surface area contributed by atoms with Gasteiger partial charge in [-0.15, -0.1) is 0 Å². The largest absolute Gasteiger partial charge is 0.364 e. The molecule has 0 heterocycles. The summed E-state index contributed by atoms with van der Waals surface area (Å²) in [5.41, 5.74) is 6.41. The molecule has 0 radical (unpaired) electrons. The normalized spacial score (nSPS) is 10.7. The van der Waals surface area contributed by atoms with E-state index in [1.54, 1.807) is 0 Å². The molecule has 0 atom stereocenters. The van der Waals surface area contributed by atoms with Crippen LogP contribution in [0.25, 0.3) is 0 Å². The fourth-order valence-electron chi connectivity index (χ4n) is 0.841. The van der Waals surface area contributed by atoms with Crippen molar-refractivity contribution < 1.29 is 9.18 Å². The van der Waals surface area contributed by atoms with Gasteiger partial charge in [-0.1, -0.05) is 17.7 Å². The molecule has 1 aromatic carbocycles. The second-order valence-corrected chi connectivity index (χ2v) is 3.06. The Kier molecular flexibility index (Phi) is 3.80. The monoisotopic (exact) mass is 240 g/mol. The van der Waals surface area contributed by atoms with Crippen molar-refractivity contribution in [2.24, 2.45) is 10.8 Å². The lowest BCUT2D eigenvalue weighted by molar-refractivity contribution is -0.111. The topological polar surface area (TPSA) is 91.3 Å². The number of nitrogens with two attached hydrogens (primary N) is 1. The van der Waals surface area contributed by atoms with Gasteiger partial charge in [0.2, 0.25) is 5.71 Å². The molecule has 7 heteroatoms. The number of hydrazone groups is 1. The summed E-state index contributed by atoms with van der Waals surface area (Å²) in [5.74, 6) is -1.73. The summed E-state index contributed by atoms with van der Waals surface area (Å²) >= 11 is 5.51. The maximum absolute atomic E-state index is 13.3. The van der Waals surface area contributed by atoms with E-state index in [9.17, 15) is 9.18 Å². The van der Waals surface area contributed by atoms with Crippen LogP contribution >= 0.6 is 11.6 Å². The average molecular weight is 241 g/mol. The summed E-state index contributed by atoms with van der Waals surface area (Å²) in [6.07, 6.45) is 0. The number of halogens is 2. The van der Waals surface area contributed by atoms with Crippen molar-refractivity contribution >= 4 is 28.9 Å². The molecule has 0 saturated heterocycles. The van der Waals surface area contributed by atoms with Crippen molar-refractivity contribution in [2.45, 2.75) is 0 Å². The van der Waals surface area contributed by atoms with Crippen molar-refractivity contribution in [1.29, 1.82) is 5.26 Å². The quantitative estimate of drug-likeness (QED) is 0.615. The zero-order chi connectivity index (χ0) is 12.1. The zero-order valence-electron chi connectivity index (χ0n) is 7.87. The SMILES string of the molecule is N#C/C(=N/Nc1cccc(Cl)c1F)C(N)=O.